The summed E-state index contributed by atoms with van der Waals surface area (Å²) in [5.74, 6) is -1.88. The first-order chi connectivity index (χ1) is 17.5. The normalized spacial score (nSPS) is 31.8. The molecular weight excluding hydrogens is 500 g/mol. The molecular formula is C25H38N4O7S. The largest absolute Gasteiger partial charge is 0.447 e. The summed E-state index contributed by atoms with van der Waals surface area (Å²) >= 11 is 0. The van der Waals surface area contributed by atoms with E-state index in [1.54, 1.807) is 13.8 Å². The van der Waals surface area contributed by atoms with Gasteiger partial charge >= 0.3 is 6.09 Å². The Kier molecular flexibility index (Phi) is 8.15. The number of sulfonamides is 1. The Balaban J connectivity index is 1.54. The van der Waals surface area contributed by atoms with Gasteiger partial charge in [0.1, 0.15) is 17.6 Å². The molecule has 0 aromatic rings. The second-order valence-electron chi connectivity index (χ2n) is 10.9. The van der Waals surface area contributed by atoms with Gasteiger partial charge in [-0.05, 0) is 65.2 Å². The number of hydrogen-bond acceptors (Lipinski definition) is 7. The Labute approximate surface area is 218 Å². The quantitative estimate of drug-likeness (QED) is 0.449. The number of rotatable bonds is 5. The average Bonchev–Trinajstić information content (AvgIpc) is 3.73. The van der Waals surface area contributed by atoms with Gasteiger partial charge in [-0.3, -0.25) is 19.1 Å². The molecule has 0 spiro atoms. The average molecular weight is 539 g/mol. The van der Waals surface area contributed by atoms with E-state index in [1.807, 2.05) is 12.2 Å². The first-order valence-electron chi connectivity index (χ1n) is 13.4. The summed E-state index contributed by atoms with van der Waals surface area (Å²) in [7, 11) is -3.78. The summed E-state index contributed by atoms with van der Waals surface area (Å²) in [6, 6.07) is -1.63. The third-order valence-corrected chi connectivity index (χ3v) is 9.29. The number of carbonyl (C=O) groups excluding carboxylic acids is 4. The van der Waals surface area contributed by atoms with E-state index in [9.17, 15) is 27.6 Å². The van der Waals surface area contributed by atoms with Gasteiger partial charge in [-0.25, -0.2) is 13.2 Å². The van der Waals surface area contributed by atoms with Gasteiger partial charge in [0, 0.05) is 12.5 Å². The molecule has 0 bridgehead atoms. The topological polar surface area (TPSA) is 151 Å². The molecule has 0 unspecified atom stereocenters. The molecule has 3 fully saturated rings. The SMILES string of the molecule is CC(C)OC(=O)N[C@H]1CCCCC/C=C\[C@@H]2C[C@@]2(C(=O)NS(=O)(=O)C2CC2)NC(=O)[C@@H]2CCCN2C1=O. The van der Waals surface area contributed by atoms with E-state index < -0.39 is 50.8 Å². The lowest BCUT2D eigenvalue weighted by Crippen LogP contribution is -2.58. The van der Waals surface area contributed by atoms with E-state index in [0.29, 0.717) is 51.5 Å². The molecule has 4 rings (SSSR count). The number of nitrogens with one attached hydrogen (secondary N) is 3. The number of alkyl carbamates (subject to hydrolysis) is 1. The lowest BCUT2D eigenvalue weighted by Gasteiger charge is -2.30. The van der Waals surface area contributed by atoms with Gasteiger partial charge in [-0.2, -0.15) is 0 Å². The molecule has 0 aromatic heterocycles. The molecule has 4 aliphatic rings. The minimum Gasteiger partial charge on any atom is -0.447 e. The summed E-state index contributed by atoms with van der Waals surface area (Å²) in [5.41, 5.74) is -1.36. The molecule has 0 aromatic carbocycles. The van der Waals surface area contributed by atoms with Crippen molar-refractivity contribution in [3.05, 3.63) is 12.2 Å². The molecule has 4 atom stereocenters. The maximum atomic E-state index is 13.5. The maximum Gasteiger partial charge on any atom is 0.408 e. The van der Waals surface area contributed by atoms with Crippen molar-refractivity contribution in [3.63, 3.8) is 0 Å². The van der Waals surface area contributed by atoms with Crippen LogP contribution in [0.1, 0.15) is 78.1 Å². The highest BCUT2D eigenvalue weighted by Gasteiger charge is 2.61. The highest BCUT2D eigenvalue weighted by atomic mass is 32.2. The summed E-state index contributed by atoms with van der Waals surface area (Å²) in [4.78, 5) is 53.9. The van der Waals surface area contributed by atoms with Crippen molar-refractivity contribution >= 4 is 33.8 Å². The fraction of sp³-hybridized carbons (Fsp3) is 0.760. The molecule has 1 saturated heterocycles. The van der Waals surface area contributed by atoms with Crippen LogP contribution in [0.2, 0.25) is 0 Å². The van der Waals surface area contributed by atoms with E-state index >= 15 is 0 Å². The summed E-state index contributed by atoms with van der Waals surface area (Å²) in [5, 5.41) is 4.93. The van der Waals surface area contributed by atoms with Gasteiger partial charge < -0.3 is 20.3 Å². The Morgan fingerprint density at radius 1 is 1.11 bits per heavy atom. The van der Waals surface area contributed by atoms with Crippen LogP contribution >= 0.6 is 0 Å². The Bertz CT molecular complexity index is 1060. The predicted molar refractivity (Wildman–Crippen MR) is 135 cm³/mol. The summed E-state index contributed by atoms with van der Waals surface area (Å²) in [6.07, 6.45) is 8.76. The summed E-state index contributed by atoms with van der Waals surface area (Å²) in [6.45, 7) is 3.80. The van der Waals surface area contributed by atoms with Crippen LogP contribution in [-0.4, -0.2) is 72.7 Å². The monoisotopic (exact) mass is 538 g/mol. The van der Waals surface area contributed by atoms with Crippen molar-refractivity contribution in [1.82, 2.24) is 20.3 Å². The molecule has 0 radical (unpaired) electrons. The fourth-order valence-electron chi connectivity index (χ4n) is 5.17. The molecule has 37 heavy (non-hydrogen) atoms. The van der Waals surface area contributed by atoms with Gasteiger partial charge in [-0.1, -0.05) is 25.0 Å². The lowest BCUT2D eigenvalue weighted by atomic mass is 10.1. The smallest absolute Gasteiger partial charge is 0.408 e. The number of hydrogen-bond donors (Lipinski definition) is 3. The van der Waals surface area contributed by atoms with Crippen LogP contribution in [0.3, 0.4) is 0 Å². The van der Waals surface area contributed by atoms with Crippen molar-refractivity contribution in [2.45, 2.75) is 107 Å². The molecule has 3 N–H and O–H groups in total. The van der Waals surface area contributed by atoms with E-state index in [2.05, 4.69) is 15.4 Å². The zero-order valence-electron chi connectivity index (χ0n) is 21.5. The van der Waals surface area contributed by atoms with Crippen LogP contribution in [0.15, 0.2) is 12.2 Å². The molecule has 12 heteroatoms. The third-order valence-electron chi connectivity index (χ3n) is 7.47. The maximum absolute atomic E-state index is 13.5. The zero-order valence-corrected chi connectivity index (χ0v) is 22.3. The van der Waals surface area contributed by atoms with Crippen LogP contribution < -0.4 is 15.4 Å². The Morgan fingerprint density at radius 2 is 1.86 bits per heavy atom. The molecule has 2 aliphatic heterocycles. The molecule has 2 aliphatic carbocycles. The van der Waals surface area contributed by atoms with Crippen molar-refractivity contribution in [2.75, 3.05) is 6.54 Å². The van der Waals surface area contributed by atoms with Gasteiger partial charge in [0.05, 0.1) is 11.4 Å². The lowest BCUT2D eigenvalue weighted by molar-refractivity contribution is -0.141. The standard InChI is InChI=1S/C25H38N4O7S/c1-16(2)36-24(33)26-19-10-7-5-3-4-6-9-17-15-25(17,23(32)28-37(34,35)18-12-13-18)27-21(30)20-11-8-14-29(20)22(19)31/h6,9,16-20H,3-5,7-8,10-15H2,1-2H3,(H,26,33)(H,27,30)(H,28,32)/b9-6-/t17-,19+,20+,25-/m1/s1. The number of ether oxygens (including phenoxy) is 1. The number of amides is 4. The first-order valence-corrected chi connectivity index (χ1v) is 14.9. The van der Waals surface area contributed by atoms with Crippen LogP contribution in [0.5, 0.6) is 0 Å². The third kappa shape index (κ3) is 6.45. The predicted octanol–water partition coefficient (Wildman–Crippen LogP) is 1.48. The molecule has 2 saturated carbocycles. The van der Waals surface area contributed by atoms with Crippen molar-refractivity contribution < 1.29 is 32.3 Å². The van der Waals surface area contributed by atoms with Crippen LogP contribution in [0.25, 0.3) is 0 Å². The van der Waals surface area contributed by atoms with Gasteiger partial charge in [-0.15, -0.1) is 0 Å². The zero-order chi connectivity index (χ0) is 26.8. The minimum absolute atomic E-state index is 0.299. The molecule has 11 nitrogen and oxygen atoms in total. The second-order valence-corrected chi connectivity index (χ2v) is 12.8. The highest BCUT2D eigenvalue weighted by molar-refractivity contribution is 7.91. The van der Waals surface area contributed by atoms with E-state index in [0.717, 1.165) is 19.3 Å². The number of allylic oxidation sites excluding steroid dienone is 1. The van der Waals surface area contributed by atoms with Crippen LogP contribution in [0, 0.1) is 5.92 Å². The van der Waals surface area contributed by atoms with Gasteiger partial charge in [0.15, 0.2) is 0 Å². The van der Waals surface area contributed by atoms with Gasteiger partial charge in [0.25, 0.3) is 5.91 Å². The number of fused-ring (bicyclic) bond motifs is 2. The van der Waals surface area contributed by atoms with Crippen LogP contribution in [-0.2, 0) is 29.1 Å². The van der Waals surface area contributed by atoms with Crippen molar-refractivity contribution in [3.8, 4) is 0 Å². The molecule has 2 heterocycles. The number of nitrogens with zero attached hydrogens (tertiary/aromatic N) is 1. The van der Waals surface area contributed by atoms with Gasteiger partial charge in [0.2, 0.25) is 21.8 Å². The van der Waals surface area contributed by atoms with E-state index in [-0.39, 0.29) is 17.9 Å². The number of carbonyl (C=O) groups is 4. The molecule has 206 valence electrons. The second kappa shape index (κ2) is 11.0. The molecule has 4 amide bonds. The fourth-order valence-corrected chi connectivity index (χ4v) is 6.53. The van der Waals surface area contributed by atoms with Crippen molar-refractivity contribution in [2.24, 2.45) is 5.92 Å². The first kappa shape index (κ1) is 27.4. The Morgan fingerprint density at radius 3 is 2.57 bits per heavy atom. The highest BCUT2D eigenvalue weighted by Crippen LogP contribution is 2.46. The minimum atomic E-state index is -3.78. The Hall–Kier alpha value is -2.63. The van der Waals surface area contributed by atoms with Crippen LogP contribution in [0.4, 0.5) is 4.79 Å². The summed E-state index contributed by atoms with van der Waals surface area (Å²) < 4.78 is 32.3. The van der Waals surface area contributed by atoms with E-state index in [1.165, 1.54) is 4.90 Å². The van der Waals surface area contributed by atoms with E-state index in [4.69, 9.17) is 4.74 Å². The van der Waals surface area contributed by atoms with Crippen molar-refractivity contribution in [1.29, 1.82) is 0 Å².